The Bertz CT molecular complexity index is 812. The summed E-state index contributed by atoms with van der Waals surface area (Å²) < 4.78 is 49.0. The lowest BCUT2D eigenvalue weighted by Gasteiger charge is -2.62. The normalized spacial score (nSPS) is 43.3. The fourth-order valence-electron chi connectivity index (χ4n) is 9.84. The summed E-state index contributed by atoms with van der Waals surface area (Å²) in [7, 11) is 0. The van der Waals surface area contributed by atoms with Crippen LogP contribution in [0.5, 0.6) is 0 Å². The zero-order chi connectivity index (χ0) is 27.2. The molecule has 0 saturated heterocycles. The molecule has 37 heavy (non-hydrogen) atoms. The Morgan fingerprint density at radius 2 is 1.65 bits per heavy atom. The van der Waals surface area contributed by atoms with Crippen LogP contribution in [-0.2, 0) is 9.53 Å². The van der Waals surface area contributed by atoms with Crippen LogP contribution in [0.25, 0.3) is 0 Å². The second kappa shape index (κ2) is 10.7. The number of ether oxygens (including phenoxy) is 1. The summed E-state index contributed by atoms with van der Waals surface area (Å²) in [5.74, 6) is 1.66. The average Bonchev–Trinajstić information content (AvgIpc) is 3.18. The van der Waals surface area contributed by atoms with Gasteiger partial charge in [0.05, 0.1) is 6.10 Å². The molecule has 214 valence electrons. The third-order valence-electron chi connectivity index (χ3n) is 12.2. The van der Waals surface area contributed by atoms with Crippen LogP contribution in [0.4, 0.5) is 13.2 Å². The molecule has 4 aliphatic rings. The SMILES string of the molecule is CCCCCCC(=O)O[C@]1(C(F)(F)F)CC[C@@]2(C)[C@H](CC[C@@H]3[C@@H]2CC[C@]2(C)[C@@H]([C@H](C)[C@@H](C)O)CC[C@@H]32)C1. The summed E-state index contributed by atoms with van der Waals surface area (Å²) in [6, 6.07) is 0. The minimum atomic E-state index is -4.54. The van der Waals surface area contributed by atoms with E-state index in [-0.39, 0.29) is 48.0 Å². The number of aliphatic hydroxyl groups excluding tert-OH is 1. The van der Waals surface area contributed by atoms with Crippen LogP contribution < -0.4 is 0 Å². The highest BCUT2D eigenvalue weighted by Crippen LogP contribution is 2.69. The molecule has 4 rings (SSSR count). The molecule has 3 nitrogen and oxygen atoms in total. The quantitative estimate of drug-likeness (QED) is 0.254. The number of carbonyl (C=O) groups excluding carboxylic acids is 1. The Hall–Kier alpha value is -0.780. The Kier molecular flexibility index (Phi) is 8.41. The van der Waals surface area contributed by atoms with E-state index in [0.717, 1.165) is 51.4 Å². The molecule has 0 heterocycles. The highest BCUT2D eigenvalue weighted by molar-refractivity contribution is 5.70. The lowest BCUT2D eigenvalue weighted by molar-refractivity contribution is -0.297. The van der Waals surface area contributed by atoms with Gasteiger partial charge < -0.3 is 9.84 Å². The number of unbranched alkanes of at least 4 members (excludes halogenated alkanes) is 3. The van der Waals surface area contributed by atoms with Gasteiger partial charge in [0.2, 0.25) is 5.60 Å². The predicted molar refractivity (Wildman–Crippen MR) is 140 cm³/mol. The van der Waals surface area contributed by atoms with Crippen molar-refractivity contribution in [3.63, 3.8) is 0 Å². The molecule has 0 unspecified atom stereocenters. The third kappa shape index (κ3) is 5.11. The molecule has 10 atom stereocenters. The van der Waals surface area contributed by atoms with Gasteiger partial charge in [-0.05, 0) is 117 Å². The average molecular weight is 529 g/mol. The van der Waals surface area contributed by atoms with E-state index in [4.69, 9.17) is 4.74 Å². The van der Waals surface area contributed by atoms with Crippen LogP contribution in [0.3, 0.4) is 0 Å². The Morgan fingerprint density at radius 1 is 0.946 bits per heavy atom. The zero-order valence-electron chi connectivity index (χ0n) is 23.8. The molecular weight excluding hydrogens is 477 g/mol. The summed E-state index contributed by atoms with van der Waals surface area (Å²) >= 11 is 0. The second-order valence-electron chi connectivity index (χ2n) is 14.0. The molecule has 0 aromatic heterocycles. The molecule has 6 heteroatoms. The van der Waals surface area contributed by atoms with Crippen molar-refractivity contribution in [1.29, 1.82) is 0 Å². The number of aliphatic hydroxyl groups is 1. The van der Waals surface area contributed by atoms with E-state index in [2.05, 4.69) is 27.7 Å². The van der Waals surface area contributed by atoms with E-state index in [1.54, 1.807) is 0 Å². The molecule has 0 amide bonds. The molecule has 4 aliphatic carbocycles. The summed E-state index contributed by atoms with van der Waals surface area (Å²) in [6.45, 7) is 10.9. The van der Waals surface area contributed by atoms with Gasteiger partial charge in [-0.15, -0.1) is 0 Å². The van der Waals surface area contributed by atoms with Crippen molar-refractivity contribution in [2.75, 3.05) is 0 Å². The summed E-state index contributed by atoms with van der Waals surface area (Å²) in [5, 5.41) is 10.3. The van der Waals surface area contributed by atoms with E-state index in [1.165, 1.54) is 6.42 Å². The minimum absolute atomic E-state index is 0.0602. The van der Waals surface area contributed by atoms with Crippen LogP contribution in [0.1, 0.15) is 125 Å². The first-order valence-corrected chi connectivity index (χ1v) is 15.3. The van der Waals surface area contributed by atoms with Gasteiger partial charge in [0.25, 0.3) is 0 Å². The van der Waals surface area contributed by atoms with Gasteiger partial charge in [0, 0.05) is 6.42 Å². The summed E-state index contributed by atoms with van der Waals surface area (Å²) in [4.78, 5) is 12.5. The number of hydrogen-bond donors (Lipinski definition) is 1. The van der Waals surface area contributed by atoms with Crippen molar-refractivity contribution < 1.29 is 27.8 Å². The number of esters is 1. The highest BCUT2D eigenvalue weighted by atomic mass is 19.4. The smallest absolute Gasteiger partial charge is 0.428 e. The summed E-state index contributed by atoms with van der Waals surface area (Å²) in [5.41, 5.74) is -2.22. The van der Waals surface area contributed by atoms with E-state index in [0.29, 0.717) is 36.5 Å². The van der Waals surface area contributed by atoms with Crippen molar-refractivity contribution in [1.82, 2.24) is 0 Å². The molecule has 0 bridgehead atoms. The monoisotopic (exact) mass is 528 g/mol. The number of rotatable bonds is 8. The van der Waals surface area contributed by atoms with Gasteiger partial charge in [-0.3, -0.25) is 4.79 Å². The van der Waals surface area contributed by atoms with Crippen molar-refractivity contribution in [2.24, 2.45) is 46.3 Å². The van der Waals surface area contributed by atoms with Crippen LogP contribution in [0.2, 0.25) is 0 Å². The maximum atomic E-state index is 14.5. The van der Waals surface area contributed by atoms with Gasteiger partial charge in [0.15, 0.2) is 0 Å². The van der Waals surface area contributed by atoms with Gasteiger partial charge in [0.1, 0.15) is 0 Å². The predicted octanol–water partition coefficient (Wildman–Crippen LogP) is 8.48. The number of fused-ring (bicyclic) bond motifs is 5. The van der Waals surface area contributed by atoms with Crippen molar-refractivity contribution in [3.8, 4) is 0 Å². The van der Waals surface area contributed by atoms with Crippen LogP contribution >= 0.6 is 0 Å². The standard InChI is InChI=1S/C31H51F3O3/c1-6-7-8-9-10-27(36)37-30(31(32,33)34)18-17-28(4)22(19-30)11-12-23-25-14-13-24(20(2)21(3)35)29(25,5)16-15-26(23)28/h20-26,35H,6-19H2,1-5H3/t20-,21-,22-,23+,24-,25+,26+,28+,29-,30-/m1/s1. The number of carbonyl (C=O) groups is 1. The third-order valence-corrected chi connectivity index (χ3v) is 12.2. The Balaban J connectivity index is 1.49. The van der Waals surface area contributed by atoms with Crippen molar-refractivity contribution in [2.45, 2.75) is 142 Å². The van der Waals surface area contributed by atoms with E-state index in [1.807, 2.05) is 6.92 Å². The molecule has 0 aromatic carbocycles. The highest BCUT2D eigenvalue weighted by Gasteiger charge is 2.67. The molecule has 4 saturated carbocycles. The topological polar surface area (TPSA) is 46.5 Å². The molecule has 0 spiro atoms. The van der Waals surface area contributed by atoms with Gasteiger partial charge in [-0.1, -0.05) is 47.0 Å². The minimum Gasteiger partial charge on any atom is -0.449 e. The fraction of sp³-hybridized carbons (Fsp3) is 0.968. The van der Waals surface area contributed by atoms with E-state index < -0.39 is 17.7 Å². The number of halogens is 3. The van der Waals surface area contributed by atoms with E-state index in [9.17, 15) is 23.1 Å². The second-order valence-corrected chi connectivity index (χ2v) is 14.0. The zero-order valence-corrected chi connectivity index (χ0v) is 23.8. The van der Waals surface area contributed by atoms with Crippen LogP contribution in [0.15, 0.2) is 0 Å². The molecule has 0 radical (unpaired) electrons. The first-order valence-electron chi connectivity index (χ1n) is 15.3. The molecule has 0 aromatic rings. The Morgan fingerprint density at radius 3 is 2.30 bits per heavy atom. The molecule has 0 aliphatic heterocycles. The van der Waals surface area contributed by atoms with Crippen LogP contribution in [-0.4, -0.2) is 29.0 Å². The van der Waals surface area contributed by atoms with Crippen molar-refractivity contribution in [3.05, 3.63) is 0 Å². The first kappa shape index (κ1) is 29.2. The van der Waals surface area contributed by atoms with E-state index >= 15 is 0 Å². The molecule has 1 N–H and O–H groups in total. The first-order chi connectivity index (χ1) is 17.3. The van der Waals surface area contributed by atoms with Crippen LogP contribution in [0, 0.1) is 46.3 Å². The van der Waals surface area contributed by atoms with Gasteiger partial charge in [-0.2, -0.15) is 13.2 Å². The lowest BCUT2D eigenvalue weighted by Crippen LogP contribution is -2.60. The lowest BCUT2D eigenvalue weighted by atomic mass is 9.43. The maximum Gasteiger partial charge on any atom is 0.428 e. The fourth-order valence-corrected chi connectivity index (χ4v) is 9.84. The number of hydrogen-bond acceptors (Lipinski definition) is 3. The van der Waals surface area contributed by atoms with Gasteiger partial charge in [-0.25, -0.2) is 0 Å². The Labute approximate surface area is 222 Å². The molecular formula is C31H51F3O3. The van der Waals surface area contributed by atoms with Gasteiger partial charge >= 0.3 is 12.1 Å². The largest absolute Gasteiger partial charge is 0.449 e. The molecule has 4 fully saturated rings. The van der Waals surface area contributed by atoms with Crippen molar-refractivity contribution >= 4 is 5.97 Å². The maximum absolute atomic E-state index is 14.5. The summed E-state index contributed by atoms with van der Waals surface area (Å²) in [6.07, 6.45) is 5.31. The number of alkyl halides is 3.